The molecule has 0 aliphatic carbocycles. The minimum atomic E-state index is -0.334. The highest BCUT2D eigenvalue weighted by atomic mass is 127. The van der Waals surface area contributed by atoms with Gasteiger partial charge in [-0.2, -0.15) is 0 Å². The SMILES string of the molecule is CCOP(C)COSI. The number of halogens is 1. The maximum absolute atomic E-state index is 5.27. The lowest BCUT2D eigenvalue weighted by atomic mass is 10.9. The van der Waals surface area contributed by atoms with Crippen LogP contribution in [0.4, 0.5) is 0 Å². The van der Waals surface area contributed by atoms with Gasteiger partial charge in [-0.25, -0.2) is 0 Å². The molecule has 1 unspecified atom stereocenters. The summed E-state index contributed by atoms with van der Waals surface area (Å²) in [6.45, 7) is 4.85. The highest BCUT2D eigenvalue weighted by Crippen LogP contribution is 2.33. The molecule has 1 atom stereocenters. The van der Waals surface area contributed by atoms with Gasteiger partial charge >= 0.3 is 0 Å². The summed E-state index contributed by atoms with van der Waals surface area (Å²) < 4.78 is 10.3. The van der Waals surface area contributed by atoms with Crippen LogP contribution in [0.5, 0.6) is 0 Å². The quantitative estimate of drug-likeness (QED) is 0.438. The van der Waals surface area contributed by atoms with E-state index >= 15 is 0 Å². The lowest BCUT2D eigenvalue weighted by Gasteiger charge is -2.08. The van der Waals surface area contributed by atoms with E-state index in [0.717, 1.165) is 13.0 Å². The summed E-state index contributed by atoms with van der Waals surface area (Å²) in [6.07, 6.45) is 0.733. The first kappa shape index (κ1) is 10.4. The van der Waals surface area contributed by atoms with Crippen LogP contribution in [0.1, 0.15) is 6.92 Å². The van der Waals surface area contributed by atoms with Gasteiger partial charge in [-0.15, -0.1) is 0 Å². The van der Waals surface area contributed by atoms with Gasteiger partial charge in [0.25, 0.3) is 0 Å². The summed E-state index contributed by atoms with van der Waals surface area (Å²) in [5.41, 5.74) is 0. The first-order valence-corrected chi connectivity index (χ1v) is 7.73. The van der Waals surface area contributed by atoms with Crippen LogP contribution in [0.3, 0.4) is 0 Å². The molecule has 0 rings (SSSR count). The predicted octanol–water partition coefficient (Wildman–Crippen LogP) is 3.02. The summed E-state index contributed by atoms with van der Waals surface area (Å²) in [5, 5.41) is 0. The van der Waals surface area contributed by atoms with Crippen molar-refractivity contribution in [2.75, 3.05) is 19.6 Å². The van der Waals surface area contributed by atoms with Crippen molar-refractivity contribution < 1.29 is 8.71 Å². The molecule has 0 aromatic carbocycles. The van der Waals surface area contributed by atoms with Gasteiger partial charge in [-0.3, -0.25) is 4.18 Å². The van der Waals surface area contributed by atoms with Gasteiger partial charge in [0.1, 0.15) is 6.35 Å². The molecule has 0 aliphatic rings. The molecule has 56 valence electrons. The Kier molecular flexibility index (Phi) is 8.73. The van der Waals surface area contributed by atoms with Crippen LogP contribution in [0.2, 0.25) is 0 Å². The monoisotopic (exact) mass is 280 g/mol. The average molecular weight is 280 g/mol. The summed E-state index contributed by atoms with van der Waals surface area (Å²) in [4.78, 5) is 0. The van der Waals surface area contributed by atoms with E-state index < -0.39 is 0 Å². The van der Waals surface area contributed by atoms with Crippen LogP contribution >= 0.6 is 38.6 Å². The second-order valence-corrected chi connectivity index (χ2v) is 4.57. The van der Waals surface area contributed by atoms with Crippen LogP contribution in [0, 0.1) is 0 Å². The topological polar surface area (TPSA) is 18.5 Å². The van der Waals surface area contributed by atoms with Crippen LogP contribution < -0.4 is 0 Å². The Morgan fingerprint density at radius 1 is 1.67 bits per heavy atom. The molecule has 0 heterocycles. The van der Waals surface area contributed by atoms with Crippen molar-refractivity contribution in [2.45, 2.75) is 6.92 Å². The van der Waals surface area contributed by atoms with Gasteiger partial charge in [0.05, 0.1) is 17.4 Å². The molecule has 0 saturated heterocycles. The molecule has 0 bridgehead atoms. The predicted molar refractivity (Wildman–Crippen MR) is 52.0 cm³/mol. The van der Waals surface area contributed by atoms with Gasteiger partial charge in [0.15, 0.2) is 0 Å². The minimum Gasteiger partial charge on any atom is -0.357 e. The van der Waals surface area contributed by atoms with E-state index in [2.05, 4.69) is 27.9 Å². The zero-order valence-electron chi connectivity index (χ0n) is 5.46. The summed E-state index contributed by atoms with van der Waals surface area (Å²) in [7, 11) is 1.03. The fraction of sp³-hybridized carbons (Fsp3) is 1.00. The lowest BCUT2D eigenvalue weighted by Crippen LogP contribution is -1.87. The maximum Gasteiger partial charge on any atom is 0.106 e. The van der Waals surface area contributed by atoms with Gasteiger partial charge in [-0.05, 0) is 13.6 Å². The van der Waals surface area contributed by atoms with E-state index in [9.17, 15) is 0 Å². The van der Waals surface area contributed by atoms with E-state index in [0.29, 0.717) is 0 Å². The van der Waals surface area contributed by atoms with Crippen molar-refractivity contribution in [3.05, 3.63) is 0 Å². The normalized spacial score (nSPS) is 13.7. The molecular formula is C4H10IO2PS. The van der Waals surface area contributed by atoms with E-state index in [4.69, 9.17) is 8.71 Å². The van der Waals surface area contributed by atoms with Crippen molar-refractivity contribution in [1.29, 1.82) is 0 Å². The van der Waals surface area contributed by atoms with E-state index in [1.807, 2.05) is 6.92 Å². The Bertz CT molecular complexity index is 66.5. The second kappa shape index (κ2) is 7.54. The zero-order valence-corrected chi connectivity index (χ0v) is 9.33. The summed E-state index contributed by atoms with van der Waals surface area (Å²) in [5.74, 6) is 0. The van der Waals surface area contributed by atoms with Gasteiger partial charge < -0.3 is 4.52 Å². The van der Waals surface area contributed by atoms with Crippen LogP contribution in [-0.4, -0.2) is 19.6 Å². The molecule has 0 amide bonds. The van der Waals surface area contributed by atoms with Crippen molar-refractivity contribution in [3.63, 3.8) is 0 Å². The van der Waals surface area contributed by atoms with Crippen molar-refractivity contribution in [1.82, 2.24) is 0 Å². The third kappa shape index (κ3) is 7.33. The van der Waals surface area contributed by atoms with Crippen LogP contribution in [0.15, 0.2) is 0 Å². The molecule has 9 heavy (non-hydrogen) atoms. The van der Waals surface area contributed by atoms with E-state index in [1.54, 1.807) is 0 Å². The molecule has 0 fully saturated rings. The smallest absolute Gasteiger partial charge is 0.106 e. The fourth-order valence-corrected chi connectivity index (χ4v) is 2.64. The van der Waals surface area contributed by atoms with E-state index in [1.165, 1.54) is 9.21 Å². The van der Waals surface area contributed by atoms with E-state index in [-0.39, 0.29) is 8.15 Å². The lowest BCUT2D eigenvalue weighted by molar-refractivity contribution is 0.356. The molecule has 0 N–H and O–H groups in total. The molecule has 5 heteroatoms. The Morgan fingerprint density at radius 2 is 2.33 bits per heavy atom. The number of rotatable bonds is 5. The third-order valence-corrected chi connectivity index (χ3v) is 2.96. The van der Waals surface area contributed by atoms with Crippen molar-refractivity contribution in [3.8, 4) is 0 Å². The Morgan fingerprint density at radius 3 is 2.78 bits per heavy atom. The van der Waals surface area contributed by atoms with Crippen molar-refractivity contribution >= 4 is 38.6 Å². The molecule has 0 aromatic heterocycles. The summed E-state index contributed by atoms with van der Waals surface area (Å²) in [6, 6.07) is 0. The highest BCUT2D eigenvalue weighted by Gasteiger charge is 1.98. The molecule has 0 aromatic rings. The molecule has 0 aliphatic heterocycles. The highest BCUT2D eigenvalue weighted by molar-refractivity contribution is 14.2. The Hall–Kier alpha value is 1.43. The Labute approximate surface area is 73.7 Å². The van der Waals surface area contributed by atoms with Crippen LogP contribution in [-0.2, 0) is 8.71 Å². The van der Waals surface area contributed by atoms with Gasteiger partial charge in [0, 0.05) is 27.8 Å². The fourth-order valence-electron chi connectivity index (χ4n) is 0.352. The van der Waals surface area contributed by atoms with Gasteiger partial charge in [-0.1, -0.05) is 0 Å². The van der Waals surface area contributed by atoms with Gasteiger partial charge in [0.2, 0.25) is 0 Å². The zero-order chi connectivity index (χ0) is 7.11. The molecule has 0 spiro atoms. The molecule has 2 nitrogen and oxygen atoms in total. The Balaban J connectivity index is 2.95. The van der Waals surface area contributed by atoms with Crippen molar-refractivity contribution in [2.24, 2.45) is 0 Å². The first-order chi connectivity index (χ1) is 4.31. The standard InChI is InChI=1S/C4H10IO2PS/c1-3-6-8(2)4-7-9-5/h3-4H2,1-2H3. The van der Waals surface area contributed by atoms with Crippen LogP contribution in [0.25, 0.3) is 0 Å². The second-order valence-electron chi connectivity index (χ2n) is 1.36. The number of hydrogen-bond acceptors (Lipinski definition) is 3. The maximum atomic E-state index is 5.27. The summed E-state index contributed by atoms with van der Waals surface area (Å²) >= 11 is 2.10. The molecule has 0 saturated carbocycles. The minimum absolute atomic E-state index is 0.334. The number of hydrogen-bond donors (Lipinski definition) is 0. The molecule has 0 radical (unpaired) electrons. The molecular weight excluding hydrogens is 270 g/mol. The average Bonchev–Trinajstić information content (AvgIpc) is 1.85. The first-order valence-electron chi connectivity index (χ1n) is 2.55. The third-order valence-electron chi connectivity index (χ3n) is 0.629. The largest absolute Gasteiger partial charge is 0.357 e.